The molecule has 0 aliphatic carbocycles. The summed E-state index contributed by atoms with van der Waals surface area (Å²) in [6.07, 6.45) is -0.0388. The van der Waals surface area contributed by atoms with Gasteiger partial charge < -0.3 is 14.3 Å². The molecule has 4 rings (SSSR count). The van der Waals surface area contributed by atoms with Crippen molar-refractivity contribution in [2.24, 2.45) is 0 Å². The van der Waals surface area contributed by atoms with Crippen molar-refractivity contribution >= 4 is 22.5 Å². The molecule has 1 atom stereocenters. The Balaban J connectivity index is 1.25. The quantitative estimate of drug-likeness (QED) is 0.450. The predicted molar refractivity (Wildman–Crippen MR) is 110 cm³/mol. The highest BCUT2D eigenvalue weighted by molar-refractivity contribution is 7.99. The van der Waals surface area contributed by atoms with E-state index < -0.39 is 6.10 Å². The van der Waals surface area contributed by atoms with E-state index in [0.717, 1.165) is 22.1 Å². The number of hydrogen-bond donors (Lipinski definition) is 1. The van der Waals surface area contributed by atoms with Gasteiger partial charge in [-0.25, -0.2) is 0 Å². The van der Waals surface area contributed by atoms with E-state index in [1.165, 1.54) is 11.8 Å². The Hall–Kier alpha value is -2.83. The molecule has 0 amide bonds. The van der Waals surface area contributed by atoms with Crippen LogP contribution in [-0.4, -0.2) is 33.8 Å². The number of ether oxygens (including phenoxy) is 1. The molecule has 5 nitrogen and oxygen atoms in total. The van der Waals surface area contributed by atoms with E-state index in [4.69, 9.17) is 9.15 Å². The summed E-state index contributed by atoms with van der Waals surface area (Å²) < 4.78 is 11.4. The van der Waals surface area contributed by atoms with Gasteiger partial charge in [0.25, 0.3) is 5.22 Å². The number of hydrogen-bond acceptors (Lipinski definition) is 6. The highest BCUT2D eigenvalue weighted by Gasteiger charge is 2.12. The van der Waals surface area contributed by atoms with Gasteiger partial charge in [0, 0.05) is 5.75 Å². The van der Waals surface area contributed by atoms with E-state index in [9.17, 15) is 5.11 Å². The molecule has 0 radical (unpaired) electrons. The maximum absolute atomic E-state index is 10.2. The first-order valence-corrected chi connectivity index (χ1v) is 10.0. The Morgan fingerprint density at radius 3 is 2.57 bits per heavy atom. The van der Waals surface area contributed by atoms with Gasteiger partial charge in [0.05, 0.1) is 12.5 Å². The van der Waals surface area contributed by atoms with E-state index in [-0.39, 0.29) is 6.61 Å². The fourth-order valence-corrected chi connectivity index (χ4v) is 3.49. The minimum atomic E-state index is -0.638. The molecule has 0 fully saturated rings. The zero-order valence-electron chi connectivity index (χ0n) is 15.2. The van der Waals surface area contributed by atoms with Crippen molar-refractivity contribution < 1.29 is 14.3 Å². The van der Waals surface area contributed by atoms with Gasteiger partial charge in [0.2, 0.25) is 5.89 Å². The summed E-state index contributed by atoms with van der Waals surface area (Å²) in [7, 11) is 0. The van der Waals surface area contributed by atoms with Crippen molar-refractivity contribution in [2.75, 3.05) is 12.4 Å². The Labute approximate surface area is 167 Å². The smallest absolute Gasteiger partial charge is 0.276 e. The molecule has 0 aliphatic heterocycles. The van der Waals surface area contributed by atoms with Crippen LogP contribution in [0.25, 0.3) is 10.8 Å². The average Bonchev–Trinajstić information content (AvgIpc) is 3.18. The van der Waals surface area contributed by atoms with E-state index >= 15 is 0 Å². The lowest BCUT2D eigenvalue weighted by molar-refractivity contribution is 0.126. The van der Waals surface area contributed by atoms with Gasteiger partial charge in [-0.15, -0.1) is 10.2 Å². The monoisotopic (exact) mass is 392 g/mol. The summed E-state index contributed by atoms with van der Waals surface area (Å²) in [5.41, 5.74) is 1.12. The molecule has 0 bridgehead atoms. The first-order valence-electron chi connectivity index (χ1n) is 9.05. The van der Waals surface area contributed by atoms with E-state index in [1.807, 2.05) is 66.7 Å². The second-order valence-corrected chi connectivity index (χ2v) is 7.38. The lowest BCUT2D eigenvalue weighted by Crippen LogP contribution is -2.20. The van der Waals surface area contributed by atoms with Gasteiger partial charge in [-0.3, -0.25) is 0 Å². The Morgan fingerprint density at radius 1 is 0.929 bits per heavy atom. The second kappa shape index (κ2) is 8.91. The van der Waals surface area contributed by atoms with Crippen molar-refractivity contribution in [1.82, 2.24) is 10.2 Å². The predicted octanol–water partition coefficient (Wildman–Crippen LogP) is 4.35. The second-order valence-electron chi connectivity index (χ2n) is 6.41. The van der Waals surface area contributed by atoms with Crippen LogP contribution >= 0.6 is 11.8 Å². The number of aliphatic hydroxyl groups is 1. The topological polar surface area (TPSA) is 68.4 Å². The molecule has 28 heavy (non-hydrogen) atoms. The van der Waals surface area contributed by atoms with Crippen molar-refractivity contribution in [3.63, 3.8) is 0 Å². The third-order valence-electron chi connectivity index (χ3n) is 4.21. The molecule has 0 saturated carbocycles. The van der Waals surface area contributed by atoms with Crippen LogP contribution < -0.4 is 4.74 Å². The number of rotatable bonds is 8. The number of fused-ring (bicyclic) bond motifs is 1. The van der Waals surface area contributed by atoms with Gasteiger partial charge in [0.1, 0.15) is 12.4 Å². The molecule has 1 aromatic heterocycles. The molecule has 3 aromatic carbocycles. The molecule has 4 aromatic rings. The van der Waals surface area contributed by atoms with Crippen LogP contribution in [0.3, 0.4) is 0 Å². The first-order chi connectivity index (χ1) is 13.8. The van der Waals surface area contributed by atoms with Crippen molar-refractivity contribution in [3.05, 3.63) is 84.3 Å². The van der Waals surface area contributed by atoms with Crippen molar-refractivity contribution in [1.29, 1.82) is 0 Å². The SMILES string of the molecule is O[C@@H](COc1ccc2ccccc2c1)CSc1nnc(Cc2ccccc2)o1. The Kier molecular flexibility index (Phi) is 5.89. The minimum absolute atomic E-state index is 0.205. The van der Waals surface area contributed by atoms with Crippen LogP contribution in [0.1, 0.15) is 11.5 Å². The van der Waals surface area contributed by atoms with Crippen LogP contribution in [0.15, 0.2) is 82.4 Å². The molecule has 0 spiro atoms. The summed E-state index contributed by atoms with van der Waals surface area (Å²) in [5.74, 6) is 1.72. The van der Waals surface area contributed by atoms with Crippen molar-refractivity contribution in [2.45, 2.75) is 17.7 Å². The fraction of sp³-hybridized carbons (Fsp3) is 0.182. The van der Waals surface area contributed by atoms with Crippen LogP contribution in [-0.2, 0) is 6.42 Å². The maximum atomic E-state index is 10.2. The first kappa shape index (κ1) is 18.5. The molecule has 142 valence electrons. The van der Waals surface area contributed by atoms with E-state index in [2.05, 4.69) is 16.3 Å². The van der Waals surface area contributed by atoms with Crippen LogP contribution in [0, 0.1) is 0 Å². The van der Waals surface area contributed by atoms with Crippen LogP contribution in [0.2, 0.25) is 0 Å². The summed E-state index contributed by atoms with van der Waals surface area (Å²) >= 11 is 1.33. The molecule has 1 N–H and O–H groups in total. The molecule has 6 heteroatoms. The number of aliphatic hydroxyl groups excluding tert-OH is 1. The zero-order valence-corrected chi connectivity index (χ0v) is 16.0. The van der Waals surface area contributed by atoms with Gasteiger partial charge in [0.15, 0.2) is 0 Å². The fourth-order valence-electron chi connectivity index (χ4n) is 2.80. The average molecular weight is 392 g/mol. The Bertz CT molecular complexity index is 1040. The minimum Gasteiger partial charge on any atom is -0.491 e. The lowest BCUT2D eigenvalue weighted by Gasteiger charge is -2.11. The van der Waals surface area contributed by atoms with Gasteiger partial charge in [-0.05, 0) is 28.5 Å². The highest BCUT2D eigenvalue weighted by atomic mass is 32.2. The largest absolute Gasteiger partial charge is 0.491 e. The standard InChI is InChI=1S/C22H20N2O3S/c25-19(14-26-20-11-10-17-8-4-5-9-18(17)13-20)15-28-22-24-23-21(27-22)12-16-6-2-1-3-7-16/h1-11,13,19,25H,12,14-15H2/t19-/m0/s1. The summed E-state index contributed by atoms with van der Waals surface area (Å²) in [4.78, 5) is 0. The third kappa shape index (κ3) is 4.91. The lowest BCUT2D eigenvalue weighted by atomic mass is 10.1. The van der Waals surface area contributed by atoms with Gasteiger partial charge in [-0.1, -0.05) is 72.4 Å². The Morgan fingerprint density at radius 2 is 1.71 bits per heavy atom. The number of benzene rings is 3. The van der Waals surface area contributed by atoms with Gasteiger partial charge >= 0.3 is 0 Å². The molecule has 0 saturated heterocycles. The third-order valence-corrected chi connectivity index (χ3v) is 5.17. The zero-order chi connectivity index (χ0) is 19.2. The maximum Gasteiger partial charge on any atom is 0.276 e. The molecule has 1 heterocycles. The number of nitrogens with zero attached hydrogens (tertiary/aromatic N) is 2. The molecular formula is C22H20N2O3S. The van der Waals surface area contributed by atoms with Gasteiger partial charge in [-0.2, -0.15) is 0 Å². The van der Waals surface area contributed by atoms with E-state index in [0.29, 0.717) is 23.3 Å². The van der Waals surface area contributed by atoms with Crippen molar-refractivity contribution in [3.8, 4) is 5.75 Å². The van der Waals surface area contributed by atoms with E-state index in [1.54, 1.807) is 0 Å². The summed E-state index contributed by atoms with van der Waals surface area (Å²) in [5, 5.41) is 21.0. The highest BCUT2D eigenvalue weighted by Crippen LogP contribution is 2.22. The molecular weight excluding hydrogens is 372 g/mol. The number of aromatic nitrogens is 2. The molecule has 0 unspecified atom stereocenters. The number of thioether (sulfide) groups is 1. The normalized spacial score (nSPS) is 12.2. The summed E-state index contributed by atoms with van der Waals surface area (Å²) in [6.45, 7) is 0.205. The molecule has 0 aliphatic rings. The van der Waals surface area contributed by atoms with Crippen LogP contribution in [0.4, 0.5) is 0 Å². The summed E-state index contributed by atoms with van der Waals surface area (Å²) in [6, 6.07) is 24.0. The van der Waals surface area contributed by atoms with Crippen LogP contribution in [0.5, 0.6) is 5.75 Å².